The van der Waals surface area contributed by atoms with Gasteiger partial charge in [-0.2, -0.15) is 5.26 Å². The van der Waals surface area contributed by atoms with E-state index in [4.69, 9.17) is 5.26 Å². The Bertz CT molecular complexity index is 842. The molecule has 3 rings (SSSR count). The number of carbonyl (C=O) groups is 1. The highest BCUT2D eigenvalue weighted by atomic mass is 19.1. The quantitative estimate of drug-likeness (QED) is 0.832. The first-order valence-corrected chi connectivity index (χ1v) is 9.26. The maximum absolute atomic E-state index is 13.2. The van der Waals surface area contributed by atoms with Crippen LogP contribution in [0.3, 0.4) is 0 Å². The van der Waals surface area contributed by atoms with E-state index in [0.717, 1.165) is 5.69 Å². The van der Waals surface area contributed by atoms with Gasteiger partial charge in [-0.1, -0.05) is 12.1 Å². The number of para-hydroxylation sites is 2. The molecular formula is C21H23FN4O2. The van der Waals surface area contributed by atoms with Crippen LogP contribution < -0.4 is 9.80 Å². The van der Waals surface area contributed by atoms with Gasteiger partial charge in [0.1, 0.15) is 11.6 Å². The molecule has 0 bridgehead atoms. The number of aromatic hydroxyl groups is 1. The highest BCUT2D eigenvalue weighted by molar-refractivity contribution is 5.94. The molecule has 7 heteroatoms. The number of anilines is 2. The summed E-state index contributed by atoms with van der Waals surface area (Å²) in [4.78, 5) is 18.5. The number of piperazine rings is 1. The molecule has 1 N–H and O–H groups in total. The lowest BCUT2D eigenvalue weighted by atomic mass is 10.2. The van der Waals surface area contributed by atoms with Gasteiger partial charge in [0.15, 0.2) is 0 Å². The van der Waals surface area contributed by atoms with E-state index in [0.29, 0.717) is 31.9 Å². The molecule has 0 aliphatic carbocycles. The number of hydrogen-bond acceptors (Lipinski definition) is 5. The molecule has 1 amide bonds. The van der Waals surface area contributed by atoms with Crippen LogP contribution in [0.1, 0.15) is 6.42 Å². The minimum absolute atomic E-state index is 0.113. The molecule has 0 spiro atoms. The summed E-state index contributed by atoms with van der Waals surface area (Å²) < 4.78 is 13.2. The van der Waals surface area contributed by atoms with Gasteiger partial charge >= 0.3 is 0 Å². The number of benzene rings is 2. The molecule has 0 radical (unpaired) electrons. The largest absolute Gasteiger partial charge is 0.506 e. The summed E-state index contributed by atoms with van der Waals surface area (Å²) in [5.74, 6) is -0.222. The minimum atomic E-state index is -0.364. The molecule has 1 heterocycles. The molecule has 1 aliphatic rings. The Kier molecular flexibility index (Phi) is 6.45. The van der Waals surface area contributed by atoms with Crippen molar-refractivity contribution in [2.24, 2.45) is 0 Å². The van der Waals surface area contributed by atoms with Crippen molar-refractivity contribution in [2.45, 2.75) is 6.42 Å². The Hall–Kier alpha value is -3.11. The maximum atomic E-state index is 13.2. The van der Waals surface area contributed by atoms with Crippen LogP contribution in [0.5, 0.6) is 5.75 Å². The van der Waals surface area contributed by atoms with Gasteiger partial charge < -0.3 is 14.9 Å². The van der Waals surface area contributed by atoms with Crippen LogP contribution in [-0.4, -0.2) is 55.2 Å². The van der Waals surface area contributed by atoms with Gasteiger partial charge in [-0.05, 0) is 36.4 Å². The lowest BCUT2D eigenvalue weighted by molar-refractivity contribution is -0.119. The third-order valence-electron chi connectivity index (χ3n) is 4.84. The van der Waals surface area contributed by atoms with Crippen molar-refractivity contribution < 1.29 is 14.3 Å². The normalized spacial score (nSPS) is 14.5. The van der Waals surface area contributed by atoms with E-state index in [9.17, 15) is 14.3 Å². The number of amides is 1. The minimum Gasteiger partial charge on any atom is -0.506 e. The lowest BCUT2D eigenvalue weighted by Crippen LogP contribution is -2.50. The summed E-state index contributed by atoms with van der Waals surface area (Å²) in [6, 6.07) is 15.0. The van der Waals surface area contributed by atoms with Crippen molar-refractivity contribution in [3.63, 3.8) is 0 Å². The molecule has 1 aliphatic heterocycles. The summed E-state index contributed by atoms with van der Waals surface area (Å²) in [5.41, 5.74) is 1.39. The fourth-order valence-corrected chi connectivity index (χ4v) is 3.34. The maximum Gasteiger partial charge on any atom is 0.241 e. The molecule has 0 saturated carbocycles. The van der Waals surface area contributed by atoms with Gasteiger partial charge in [0.05, 0.1) is 24.7 Å². The van der Waals surface area contributed by atoms with E-state index in [1.807, 2.05) is 12.1 Å². The van der Waals surface area contributed by atoms with Crippen molar-refractivity contribution >= 4 is 17.3 Å². The zero-order chi connectivity index (χ0) is 19.9. The summed E-state index contributed by atoms with van der Waals surface area (Å²) in [5, 5.41) is 18.9. The van der Waals surface area contributed by atoms with Crippen LogP contribution in [-0.2, 0) is 4.79 Å². The standard InChI is InChI=1S/C21H23FN4O2/c22-17-6-8-18(9-7-17)26(11-3-10-23)21(28)16-24-12-14-25(15-13-24)19-4-1-2-5-20(19)27/h1-2,4-9,27H,3,11-16H2. The van der Waals surface area contributed by atoms with Gasteiger partial charge in [0.25, 0.3) is 0 Å². The van der Waals surface area contributed by atoms with Crippen molar-refractivity contribution in [3.05, 3.63) is 54.3 Å². The average Bonchev–Trinajstić information content (AvgIpc) is 2.71. The van der Waals surface area contributed by atoms with E-state index >= 15 is 0 Å². The number of halogens is 1. The van der Waals surface area contributed by atoms with Crippen LogP contribution in [0.4, 0.5) is 15.8 Å². The molecule has 6 nitrogen and oxygen atoms in total. The highest BCUT2D eigenvalue weighted by Gasteiger charge is 2.23. The molecule has 0 unspecified atom stereocenters. The number of phenolic OH excluding ortho intramolecular Hbond substituents is 1. The Morgan fingerprint density at radius 2 is 1.79 bits per heavy atom. The second-order valence-corrected chi connectivity index (χ2v) is 6.68. The first kappa shape index (κ1) is 19.6. The first-order chi connectivity index (χ1) is 13.6. The van der Waals surface area contributed by atoms with Crippen molar-refractivity contribution in [3.8, 4) is 11.8 Å². The summed E-state index contributed by atoms with van der Waals surface area (Å²) >= 11 is 0. The Labute approximate surface area is 164 Å². The average molecular weight is 382 g/mol. The van der Waals surface area contributed by atoms with Gasteiger partial charge in [-0.15, -0.1) is 0 Å². The fraction of sp³-hybridized carbons (Fsp3) is 0.333. The number of rotatable bonds is 6. The highest BCUT2D eigenvalue weighted by Crippen LogP contribution is 2.27. The summed E-state index contributed by atoms with van der Waals surface area (Å²) in [7, 11) is 0. The summed E-state index contributed by atoms with van der Waals surface area (Å²) in [6.45, 7) is 3.31. The Balaban J connectivity index is 1.60. The number of phenols is 1. The molecule has 1 fully saturated rings. The zero-order valence-corrected chi connectivity index (χ0v) is 15.6. The second kappa shape index (κ2) is 9.20. The van der Waals surface area contributed by atoms with Crippen LogP contribution in [0.2, 0.25) is 0 Å². The predicted octanol–water partition coefficient (Wildman–Crippen LogP) is 2.60. The first-order valence-electron chi connectivity index (χ1n) is 9.26. The van der Waals surface area contributed by atoms with Crippen LogP contribution >= 0.6 is 0 Å². The molecule has 146 valence electrons. The molecule has 0 aromatic heterocycles. The predicted molar refractivity (Wildman–Crippen MR) is 106 cm³/mol. The Morgan fingerprint density at radius 3 is 2.43 bits per heavy atom. The third-order valence-corrected chi connectivity index (χ3v) is 4.84. The van der Waals surface area contributed by atoms with Crippen molar-refractivity contribution in [2.75, 3.05) is 49.1 Å². The molecule has 0 atom stereocenters. The zero-order valence-electron chi connectivity index (χ0n) is 15.6. The lowest BCUT2D eigenvalue weighted by Gasteiger charge is -2.36. The SMILES string of the molecule is N#CCCN(C(=O)CN1CCN(c2ccccc2O)CC1)c1ccc(F)cc1. The van der Waals surface area contributed by atoms with Gasteiger partial charge in [0.2, 0.25) is 5.91 Å². The molecule has 2 aromatic rings. The van der Waals surface area contributed by atoms with E-state index < -0.39 is 0 Å². The number of carbonyl (C=O) groups excluding carboxylic acids is 1. The van der Waals surface area contributed by atoms with E-state index in [-0.39, 0.29) is 37.0 Å². The molecule has 2 aromatic carbocycles. The second-order valence-electron chi connectivity index (χ2n) is 6.68. The third kappa shape index (κ3) is 4.78. The molecular weight excluding hydrogens is 359 g/mol. The van der Waals surface area contributed by atoms with E-state index in [1.54, 1.807) is 24.3 Å². The topological polar surface area (TPSA) is 70.8 Å². The van der Waals surface area contributed by atoms with Gasteiger partial charge in [-0.25, -0.2) is 4.39 Å². The monoisotopic (exact) mass is 382 g/mol. The van der Waals surface area contributed by atoms with Gasteiger partial charge in [-0.3, -0.25) is 9.69 Å². The molecule has 1 saturated heterocycles. The van der Waals surface area contributed by atoms with E-state index in [1.165, 1.54) is 17.0 Å². The number of nitriles is 1. The summed E-state index contributed by atoms with van der Waals surface area (Å²) in [6.07, 6.45) is 0.212. The smallest absolute Gasteiger partial charge is 0.241 e. The fourth-order valence-electron chi connectivity index (χ4n) is 3.34. The van der Waals surface area contributed by atoms with Crippen molar-refractivity contribution in [1.29, 1.82) is 5.26 Å². The Morgan fingerprint density at radius 1 is 1.11 bits per heavy atom. The van der Waals surface area contributed by atoms with Crippen LogP contribution in [0.15, 0.2) is 48.5 Å². The van der Waals surface area contributed by atoms with Crippen molar-refractivity contribution in [1.82, 2.24) is 4.90 Å². The van der Waals surface area contributed by atoms with Crippen LogP contribution in [0, 0.1) is 17.1 Å². The van der Waals surface area contributed by atoms with Gasteiger partial charge in [0, 0.05) is 38.4 Å². The van der Waals surface area contributed by atoms with Crippen LogP contribution in [0.25, 0.3) is 0 Å². The number of nitrogens with zero attached hydrogens (tertiary/aromatic N) is 4. The van der Waals surface area contributed by atoms with E-state index in [2.05, 4.69) is 15.9 Å². The molecule has 28 heavy (non-hydrogen) atoms. The number of hydrogen-bond donors (Lipinski definition) is 1.